The van der Waals surface area contributed by atoms with Crippen LogP contribution >= 0.6 is 0 Å². The molecule has 3 nitrogen and oxygen atoms in total. The standard InChI is InChI=1S/C17H29N3/c1-15(2)17-6-4-16(5-7-17)14-20-10-3-9-19(11-8-18)12-13-20/h4-7,15H,3,8-14,18H2,1-2H3. The Labute approximate surface area is 123 Å². The van der Waals surface area contributed by atoms with Crippen LogP contribution in [0.3, 0.4) is 0 Å². The van der Waals surface area contributed by atoms with Crippen LogP contribution < -0.4 is 5.73 Å². The van der Waals surface area contributed by atoms with Crippen molar-refractivity contribution in [3.05, 3.63) is 35.4 Å². The summed E-state index contributed by atoms with van der Waals surface area (Å²) in [6, 6.07) is 9.13. The Morgan fingerprint density at radius 1 is 1.00 bits per heavy atom. The molecule has 0 atom stereocenters. The topological polar surface area (TPSA) is 32.5 Å². The Morgan fingerprint density at radius 3 is 2.30 bits per heavy atom. The summed E-state index contributed by atoms with van der Waals surface area (Å²) in [6.07, 6.45) is 1.25. The molecule has 20 heavy (non-hydrogen) atoms. The first kappa shape index (κ1) is 15.5. The zero-order chi connectivity index (χ0) is 14.4. The third-order valence-corrected chi connectivity index (χ3v) is 4.18. The Morgan fingerprint density at radius 2 is 1.65 bits per heavy atom. The lowest BCUT2D eigenvalue weighted by molar-refractivity contribution is 0.255. The molecule has 1 aromatic rings. The molecule has 0 saturated carbocycles. The van der Waals surface area contributed by atoms with Gasteiger partial charge in [-0.2, -0.15) is 0 Å². The van der Waals surface area contributed by atoms with Crippen LogP contribution in [0.15, 0.2) is 24.3 Å². The Bertz CT molecular complexity index is 386. The van der Waals surface area contributed by atoms with E-state index in [1.54, 1.807) is 0 Å². The van der Waals surface area contributed by atoms with Crippen LogP contribution in [0.25, 0.3) is 0 Å². The van der Waals surface area contributed by atoms with Gasteiger partial charge in [-0.25, -0.2) is 0 Å². The monoisotopic (exact) mass is 275 g/mol. The van der Waals surface area contributed by atoms with Gasteiger partial charge in [-0.05, 0) is 36.6 Å². The summed E-state index contributed by atoms with van der Waals surface area (Å²) < 4.78 is 0. The summed E-state index contributed by atoms with van der Waals surface area (Å²) in [5.41, 5.74) is 8.51. The predicted octanol–water partition coefficient (Wildman–Crippen LogP) is 2.28. The largest absolute Gasteiger partial charge is 0.329 e. The third kappa shape index (κ3) is 4.58. The third-order valence-electron chi connectivity index (χ3n) is 4.18. The molecule has 112 valence electrons. The summed E-state index contributed by atoms with van der Waals surface area (Å²) in [7, 11) is 0. The van der Waals surface area contributed by atoms with E-state index in [1.807, 2.05) is 0 Å². The van der Waals surface area contributed by atoms with Crippen LogP contribution in [0.5, 0.6) is 0 Å². The van der Waals surface area contributed by atoms with Crippen LogP contribution in [0.4, 0.5) is 0 Å². The Kier molecular flexibility index (Phi) is 6.02. The van der Waals surface area contributed by atoms with Gasteiger partial charge < -0.3 is 10.6 Å². The van der Waals surface area contributed by atoms with Gasteiger partial charge in [0.2, 0.25) is 0 Å². The highest BCUT2D eigenvalue weighted by Gasteiger charge is 2.14. The van der Waals surface area contributed by atoms with Crippen molar-refractivity contribution in [1.82, 2.24) is 9.80 Å². The van der Waals surface area contributed by atoms with Gasteiger partial charge in [0, 0.05) is 32.7 Å². The second-order valence-electron chi connectivity index (χ2n) is 6.16. The van der Waals surface area contributed by atoms with Gasteiger partial charge in [-0.1, -0.05) is 38.1 Å². The van der Waals surface area contributed by atoms with Gasteiger partial charge in [-0.3, -0.25) is 4.90 Å². The molecule has 2 N–H and O–H groups in total. The molecule has 0 aliphatic carbocycles. The van der Waals surface area contributed by atoms with Crippen LogP contribution in [0, 0.1) is 0 Å². The summed E-state index contributed by atoms with van der Waals surface area (Å²) >= 11 is 0. The first-order valence-electron chi connectivity index (χ1n) is 7.92. The Balaban J connectivity index is 1.86. The number of benzene rings is 1. The molecule has 1 heterocycles. The van der Waals surface area contributed by atoms with Gasteiger partial charge >= 0.3 is 0 Å². The van der Waals surface area contributed by atoms with Crippen LogP contribution in [0.2, 0.25) is 0 Å². The minimum Gasteiger partial charge on any atom is -0.329 e. The highest BCUT2D eigenvalue weighted by molar-refractivity contribution is 5.24. The lowest BCUT2D eigenvalue weighted by atomic mass is 10.0. The zero-order valence-corrected chi connectivity index (χ0v) is 13.0. The van der Waals surface area contributed by atoms with E-state index in [4.69, 9.17) is 5.73 Å². The van der Waals surface area contributed by atoms with Crippen molar-refractivity contribution < 1.29 is 0 Å². The van der Waals surface area contributed by atoms with Crippen LogP contribution in [-0.2, 0) is 6.54 Å². The Hall–Kier alpha value is -0.900. The van der Waals surface area contributed by atoms with E-state index in [0.717, 1.165) is 32.7 Å². The van der Waals surface area contributed by atoms with Gasteiger partial charge in [-0.15, -0.1) is 0 Å². The van der Waals surface area contributed by atoms with Crippen molar-refractivity contribution in [1.29, 1.82) is 0 Å². The minimum atomic E-state index is 0.618. The summed E-state index contributed by atoms with van der Waals surface area (Å²) in [5.74, 6) is 0.618. The fourth-order valence-electron chi connectivity index (χ4n) is 2.85. The van der Waals surface area contributed by atoms with Gasteiger partial charge in [0.15, 0.2) is 0 Å². The van der Waals surface area contributed by atoms with E-state index in [0.29, 0.717) is 5.92 Å². The van der Waals surface area contributed by atoms with Crippen molar-refractivity contribution in [2.24, 2.45) is 5.73 Å². The number of nitrogens with two attached hydrogens (primary N) is 1. The minimum absolute atomic E-state index is 0.618. The molecular formula is C17H29N3. The molecule has 1 aliphatic heterocycles. The molecular weight excluding hydrogens is 246 g/mol. The number of hydrogen-bond donors (Lipinski definition) is 1. The molecule has 2 rings (SSSR count). The highest BCUT2D eigenvalue weighted by atomic mass is 15.2. The lowest BCUT2D eigenvalue weighted by Crippen LogP contribution is -2.33. The van der Waals surface area contributed by atoms with E-state index in [9.17, 15) is 0 Å². The molecule has 3 heteroatoms. The summed E-state index contributed by atoms with van der Waals surface area (Å²) in [4.78, 5) is 5.06. The van der Waals surface area contributed by atoms with Gasteiger partial charge in [0.1, 0.15) is 0 Å². The summed E-state index contributed by atoms with van der Waals surface area (Å²) in [5, 5.41) is 0. The van der Waals surface area contributed by atoms with Crippen LogP contribution in [0.1, 0.15) is 37.3 Å². The van der Waals surface area contributed by atoms with Crippen molar-refractivity contribution in [3.8, 4) is 0 Å². The zero-order valence-electron chi connectivity index (χ0n) is 13.0. The van der Waals surface area contributed by atoms with E-state index >= 15 is 0 Å². The maximum Gasteiger partial charge on any atom is 0.0234 e. The molecule has 0 radical (unpaired) electrons. The normalized spacial score (nSPS) is 18.4. The predicted molar refractivity (Wildman–Crippen MR) is 85.9 cm³/mol. The van der Waals surface area contributed by atoms with Crippen molar-refractivity contribution in [2.45, 2.75) is 32.7 Å². The van der Waals surface area contributed by atoms with E-state index in [1.165, 1.54) is 30.6 Å². The van der Waals surface area contributed by atoms with E-state index in [2.05, 4.69) is 47.9 Å². The summed E-state index contributed by atoms with van der Waals surface area (Å²) in [6.45, 7) is 12.1. The number of hydrogen-bond acceptors (Lipinski definition) is 3. The molecule has 1 fully saturated rings. The highest BCUT2D eigenvalue weighted by Crippen LogP contribution is 2.16. The van der Waals surface area contributed by atoms with Crippen LogP contribution in [-0.4, -0.2) is 49.1 Å². The maximum absolute atomic E-state index is 5.65. The average molecular weight is 275 g/mol. The SMILES string of the molecule is CC(C)c1ccc(CN2CCCN(CCN)CC2)cc1. The van der Waals surface area contributed by atoms with Crippen molar-refractivity contribution in [2.75, 3.05) is 39.3 Å². The first-order valence-corrected chi connectivity index (χ1v) is 7.92. The molecule has 0 bridgehead atoms. The average Bonchev–Trinajstić information content (AvgIpc) is 2.66. The fraction of sp³-hybridized carbons (Fsp3) is 0.647. The molecule has 1 aliphatic rings. The van der Waals surface area contributed by atoms with E-state index < -0.39 is 0 Å². The molecule has 1 aromatic carbocycles. The lowest BCUT2D eigenvalue weighted by Gasteiger charge is -2.21. The van der Waals surface area contributed by atoms with Crippen molar-refractivity contribution in [3.63, 3.8) is 0 Å². The second kappa shape index (κ2) is 7.77. The maximum atomic E-state index is 5.65. The molecule has 0 aromatic heterocycles. The quantitative estimate of drug-likeness (QED) is 0.895. The van der Waals surface area contributed by atoms with Gasteiger partial charge in [0.25, 0.3) is 0 Å². The fourth-order valence-corrected chi connectivity index (χ4v) is 2.85. The molecule has 0 amide bonds. The van der Waals surface area contributed by atoms with Gasteiger partial charge in [0.05, 0.1) is 0 Å². The first-order chi connectivity index (χ1) is 9.69. The molecule has 1 saturated heterocycles. The smallest absolute Gasteiger partial charge is 0.0234 e. The van der Waals surface area contributed by atoms with E-state index in [-0.39, 0.29) is 0 Å². The molecule has 0 unspecified atom stereocenters. The number of nitrogens with zero attached hydrogens (tertiary/aromatic N) is 2. The second-order valence-corrected chi connectivity index (χ2v) is 6.16. The number of rotatable bonds is 5. The molecule has 0 spiro atoms. The van der Waals surface area contributed by atoms with Crippen molar-refractivity contribution >= 4 is 0 Å².